The van der Waals surface area contributed by atoms with E-state index in [1.54, 1.807) is 12.1 Å². The summed E-state index contributed by atoms with van der Waals surface area (Å²) >= 11 is 7.56. The van der Waals surface area contributed by atoms with Crippen molar-refractivity contribution in [3.63, 3.8) is 0 Å². The topological polar surface area (TPSA) is 56.2 Å². The fourth-order valence-electron chi connectivity index (χ4n) is 2.08. The van der Waals surface area contributed by atoms with Gasteiger partial charge in [-0.1, -0.05) is 59.8 Å². The molecule has 1 heterocycles. The number of benzene rings is 2. The average Bonchev–Trinajstić information content (AvgIpc) is 2.75. The molecule has 3 N–H and O–H groups in total. The smallest absolute Gasteiger partial charge is 0.206 e. The molecule has 3 rings (SSSR count). The van der Waals surface area contributed by atoms with Crippen LogP contribution in [0.3, 0.4) is 0 Å². The molecule has 5 heteroatoms. The Kier molecular flexibility index (Phi) is 3.82. The summed E-state index contributed by atoms with van der Waals surface area (Å²) in [5.41, 5.74) is 1.18. The van der Waals surface area contributed by atoms with Gasteiger partial charge in [0.05, 0.1) is 10.5 Å². The molecule has 3 aromatic rings. The molecule has 106 valence electrons. The number of halogens is 1. The van der Waals surface area contributed by atoms with Crippen molar-refractivity contribution in [2.45, 2.75) is 9.79 Å². The Balaban J connectivity index is 2.12. The van der Waals surface area contributed by atoms with E-state index in [9.17, 15) is 10.2 Å². The van der Waals surface area contributed by atoms with E-state index in [0.29, 0.717) is 21.0 Å². The summed E-state index contributed by atoms with van der Waals surface area (Å²) in [4.78, 5) is 4.06. The van der Waals surface area contributed by atoms with Crippen molar-refractivity contribution in [2.24, 2.45) is 0 Å². The van der Waals surface area contributed by atoms with Gasteiger partial charge in [0.2, 0.25) is 11.8 Å². The number of aromatic nitrogens is 1. The summed E-state index contributed by atoms with van der Waals surface area (Å²) in [6.07, 6.45) is 0. The van der Waals surface area contributed by atoms with E-state index >= 15 is 0 Å². The van der Waals surface area contributed by atoms with Crippen LogP contribution in [0.4, 0.5) is 0 Å². The predicted molar refractivity (Wildman–Crippen MR) is 85.1 cm³/mol. The molecule has 0 bridgehead atoms. The second kappa shape index (κ2) is 5.76. The summed E-state index contributed by atoms with van der Waals surface area (Å²) in [6.45, 7) is 0. The Labute approximate surface area is 131 Å². The molecule has 0 unspecified atom stereocenters. The molecular formula is C16H12ClNO2S. The maximum atomic E-state index is 10.1. The second-order valence-corrected chi connectivity index (χ2v) is 5.91. The van der Waals surface area contributed by atoms with Gasteiger partial charge in [-0.15, -0.1) is 0 Å². The molecule has 0 saturated heterocycles. The lowest BCUT2D eigenvalue weighted by Crippen LogP contribution is -1.80. The third-order valence-corrected chi connectivity index (χ3v) is 4.46. The number of hydrogen-bond donors (Lipinski definition) is 3. The fourth-order valence-corrected chi connectivity index (χ4v) is 3.29. The summed E-state index contributed by atoms with van der Waals surface area (Å²) in [5, 5.41) is 20.6. The van der Waals surface area contributed by atoms with E-state index in [1.165, 1.54) is 11.8 Å². The first-order valence-electron chi connectivity index (χ1n) is 6.28. The van der Waals surface area contributed by atoms with E-state index in [1.807, 2.05) is 42.5 Å². The highest BCUT2D eigenvalue weighted by molar-refractivity contribution is 7.99. The minimum Gasteiger partial charge on any atom is -0.494 e. The molecule has 21 heavy (non-hydrogen) atoms. The van der Waals surface area contributed by atoms with Crippen LogP contribution in [0.1, 0.15) is 0 Å². The van der Waals surface area contributed by atoms with Crippen LogP contribution in [0.2, 0.25) is 5.02 Å². The maximum absolute atomic E-state index is 10.1. The van der Waals surface area contributed by atoms with Crippen LogP contribution in [0.5, 0.6) is 11.8 Å². The number of aromatic hydroxyl groups is 2. The molecule has 3 nitrogen and oxygen atoms in total. The summed E-state index contributed by atoms with van der Waals surface area (Å²) in [5.74, 6) is -0.171. The van der Waals surface area contributed by atoms with Gasteiger partial charge in [-0.2, -0.15) is 0 Å². The zero-order valence-corrected chi connectivity index (χ0v) is 12.4. The Morgan fingerprint density at radius 3 is 2.24 bits per heavy atom. The molecule has 0 aliphatic rings. The van der Waals surface area contributed by atoms with Gasteiger partial charge in [-0.05, 0) is 18.2 Å². The van der Waals surface area contributed by atoms with Crippen LogP contribution in [0.15, 0.2) is 64.4 Å². The SMILES string of the molecule is Oc1[nH]c(O)c(-c2ccccc2Cl)c1Sc1ccccc1. The van der Waals surface area contributed by atoms with Crippen molar-refractivity contribution in [3.8, 4) is 22.9 Å². The third-order valence-electron chi connectivity index (χ3n) is 3.02. The Hall–Kier alpha value is -2.04. The van der Waals surface area contributed by atoms with Crippen LogP contribution in [-0.4, -0.2) is 15.2 Å². The molecule has 0 aliphatic heterocycles. The van der Waals surface area contributed by atoms with Gasteiger partial charge in [0, 0.05) is 15.5 Å². The van der Waals surface area contributed by atoms with Crippen molar-refractivity contribution in [1.29, 1.82) is 0 Å². The average molecular weight is 318 g/mol. The van der Waals surface area contributed by atoms with E-state index < -0.39 is 0 Å². The highest BCUT2D eigenvalue weighted by Gasteiger charge is 2.21. The fraction of sp³-hybridized carbons (Fsp3) is 0. The first-order chi connectivity index (χ1) is 10.2. The quantitative estimate of drug-likeness (QED) is 0.644. The highest BCUT2D eigenvalue weighted by Crippen LogP contribution is 2.48. The maximum Gasteiger partial charge on any atom is 0.206 e. The van der Waals surface area contributed by atoms with Gasteiger partial charge < -0.3 is 10.2 Å². The minimum absolute atomic E-state index is 0.0729. The lowest BCUT2D eigenvalue weighted by Gasteiger charge is -2.07. The molecule has 0 fully saturated rings. The number of hydrogen-bond acceptors (Lipinski definition) is 3. The van der Waals surface area contributed by atoms with Crippen molar-refractivity contribution < 1.29 is 10.2 Å². The van der Waals surface area contributed by atoms with E-state index in [0.717, 1.165) is 4.90 Å². The molecule has 0 atom stereocenters. The molecule has 1 aromatic heterocycles. The first kappa shape index (κ1) is 13.9. The Morgan fingerprint density at radius 1 is 0.857 bits per heavy atom. The molecular weight excluding hydrogens is 306 g/mol. The summed E-state index contributed by atoms with van der Waals surface area (Å²) < 4.78 is 0. The van der Waals surface area contributed by atoms with Gasteiger partial charge in [-0.3, -0.25) is 4.98 Å². The third kappa shape index (κ3) is 2.73. The molecule has 0 aliphatic carbocycles. The van der Waals surface area contributed by atoms with Crippen LogP contribution in [-0.2, 0) is 0 Å². The van der Waals surface area contributed by atoms with E-state index in [4.69, 9.17) is 11.6 Å². The highest BCUT2D eigenvalue weighted by atomic mass is 35.5. The summed E-state index contributed by atoms with van der Waals surface area (Å²) in [6, 6.07) is 16.8. The van der Waals surface area contributed by atoms with Crippen LogP contribution < -0.4 is 0 Å². The van der Waals surface area contributed by atoms with Gasteiger partial charge in [-0.25, -0.2) is 0 Å². The van der Waals surface area contributed by atoms with Crippen molar-refractivity contribution >= 4 is 23.4 Å². The van der Waals surface area contributed by atoms with E-state index in [2.05, 4.69) is 4.98 Å². The molecule has 0 radical (unpaired) electrons. The molecule has 0 amide bonds. The molecule has 0 saturated carbocycles. The van der Waals surface area contributed by atoms with E-state index in [-0.39, 0.29) is 11.8 Å². The lowest BCUT2D eigenvalue weighted by molar-refractivity contribution is 0.421. The van der Waals surface area contributed by atoms with Crippen molar-refractivity contribution in [2.75, 3.05) is 0 Å². The zero-order chi connectivity index (χ0) is 14.8. The monoisotopic (exact) mass is 317 g/mol. The number of rotatable bonds is 3. The number of nitrogens with one attached hydrogen (secondary N) is 1. The van der Waals surface area contributed by atoms with Crippen LogP contribution in [0.25, 0.3) is 11.1 Å². The van der Waals surface area contributed by atoms with Crippen LogP contribution in [0, 0.1) is 0 Å². The van der Waals surface area contributed by atoms with Crippen LogP contribution >= 0.6 is 23.4 Å². The second-order valence-electron chi connectivity index (χ2n) is 4.42. The first-order valence-corrected chi connectivity index (χ1v) is 7.48. The number of aromatic amines is 1. The van der Waals surface area contributed by atoms with Gasteiger partial charge in [0.25, 0.3) is 0 Å². The number of H-pyrrole nitrogens is 1. The minimum atomic E-state index is -0.0981. The largest absolute Gasteiger partial charge is 0.494 e. The zero-order valence-electron chi connectivity index (χ0n) is 10.9. The van der Waals surface area contributed by atoms with Gasteiger partial charge in [0.1, 0.15) is 0 Å². The van der Waals surface area contributed by atoms with Gasteiger partial charge >= 0.3 is 0 Å². The van der Waals surface area contributed by atoms with Crippen molar-refractivity contribution in [1.82, 2.24) is 4.98 Å². The standard InChI is InChI=1S/C16H12ClNO2S/c17-12-9-5-4-8-11(12)13-14(16(20)18-15(13)19)21-10-6-2-1-3-7-10/h1-9,18-20H. The normalized spacial score (nSPS) is 10.7. The predicted octanol–water partition coefficient (Wildman–Crippen LogP) is 4.90. The van der Waals surface area contributed by atoms with Crippen molar-refractivity contribution in [3.05, 3.63) is 59.6 Å². The van der Waals surface area contributed by atoms with Gasteiger partial charge in [0.15, 0.2) is 0 Å². The Morgan fingerprint density at radius 2 is 1.52 bits per heavy atom. The summed E-state index contributed by atoms with van der Waals surface area (Å²) in [7, 11) is 0. The molecule has 2 aromatic carbocycles. The lowest BCUT2D eigenvalue weighted by atomic mass is 10.1. The Bertz CT molecular complexity index is 771. The molecule has 0 spiro atoms.